The van der Waals surface area contributed by atoms with Crippen LogP contribution in [-0.4, -0.2) is 24.5 Å². The van der Waals surface area contributed by atoms with Crippen molar-refractivity contribution in [1.29, 1.82) is 0 Å². The van der Waals surface area contributed by atoms with Gasteiger partial charge in [-0.15, -0.1) is 0 Å². The lowest BCUT2D eigenvalue weighted by molar-refractivity contribution is 0.310. The number of benzene rings is 1. The molecule has 0 radical (unpaired) electrons. The highest BCUT2D eigenvalue weighted by molar-refractivity contribution is 5.37. The first-order valence-corrected chi connectivity index (χ1v) is 7.69. The number of hydrogen-bond donors (Lipinski definition) is 0. The van der Waals surface area contributed by atoms with E-state index in [-0.39, 0.29) is 5.41 Å². The topological polar surface area (TPSA) is 3.24 Å². The standard InChI is InChI=1S/C18H27N/c1-4-19(5-2)15-16(3)18(13-9-10-14-18)17-11-7-6-8-12-17/h6-8,11-12H,3-5,9-10,13-15H2,1-2H3. The summed E-state index contributed by atoms with van der Waals surface area (Å²) < 4.78 is 0. The van der Waals surface area contributed by atoms with Crippen LogP contribution in [0.15, 0.2) is 42.5 Å². The predicted molar refractivity (Wildman–Crippen MR) is 83.5 cm³/mol. The number of likely N-dealkylation sites (N-methyl/N-ethyl adjacent to an activating group) is 1. The van der Waals surface area contributed by atoms with Gasteiger partial charge in [-0.05, 0) is 31.5 Å². The SMILES string of the molecule is C=C(CN(CC)CC)C1(c2ccccc2)CCCC1. The molecule has 1 nitrogen and oxygen atoms in total. The lowest BCUT2D eigenvalue weighted by Crippen LogP contribution is -2.34. The van der Waals surface area contributed by atoms with E-state index in [0.29, 0.717) is 0 Å². The molecule has 1 aromatic rings. The van der Waals surface area contributed by atoms with Crippen molar-refractivity contribution < 1.29 is 0 Å². The quantitative estimate of drug-likeness (QED) is 0.683. The lowest BCUT2D eigenvalue weighted by atomic mass is 9.73. The fourth-order valence-corrected chi connectivity index (χ4v) is 3.45. The molecule has 1 fully saturated rings. The maximum atomic E-state index is 4.48. The van der Waals surface area contributed by atoms with E-state index >= 15 is 0 Å². The van der Waals surface area contributed by atoms with Crippen LogP contribution in [0, 0.1) is 0 Å². The van der Waals surface area contributed by atoms with E-state index in [1.165, 1.54) is 36.8 Å². The molecule has 0 aromatic heterocycles. The fraction of sp³-hybridized carbons (Fsp3) is 0.556. The van der Waals surface area contributed by atoms with Crippen LogP contribution in [0.4, 0.5) is 0 Å². The Bertz CT molecular complexity index is 397. The molecule has 0 bridgehead atoms. The van der Waals surface area contributed by atoms with Crippen molar-refractivity contribution >= 4 is 0 Å². The van der Waals surface area contributed by atoms with E-state index in [4.69, 9.17) is 0 Å². The van der Waals surface area contributed by atoms with E-state index < -0.39 is 0 Å². The second-order valence-electron chi connectivity index (χ2n) is 5.72. The Morgan fingerprint density at radius 3 is 2.21 bits per heavy atom. The zero-order valence-corrected chi connectivity index (χ0v) is 12.5. The highest BCUT2D eigenvalue weighted by Gasteiger charge is 2.38. The maximum absolute atomic E-state index is 4.48. The smallest absolute Gasteiger partial charge is 0.0198 e. The van der Waals surface area contributed by atoms with Crippen LogP contribution in [0.1, 0.15) is 45.1 Å². The molecule has 0 atom stereocenters. The molecule has 0 amide bonds. The van der Waals surface area contributed by atoms with E-state index in [9.17, 15) is 0 Å². The van der Waals surface area contributed by atoms with E-state index in [1.807, 2.05) is 0 Å². The molecule has 2 rings (SSSR count). The van der Waals surface area contributed by atoms with Crippen molar-refractivity contribution in [3.63, 3.8) is 0 Å². The van der Waals surface area contributed by atoms with Crippen molar-refractivity contribution in [3.05, 3.63) is 48.0 Å². The Morgan fingerprint density at radius 2 is 1.68 bits per heavy atom. The first-order valence-electron chi connectivity index (χ1n) is 7.69. The summed E-state index contributed by atoms with van der Waals surface area (Å²) in [7, 11) is 0. The average Bonchev–Trinajstić information content (AvgIpc) is 2.96. The van der Waals surface area contributed by atoms with Crippen LogP contribution in [0.25, 0.3) is 0 Å². The van der Waals surface area contributed by atoms with Gasteiger partial charge in [-0.3, -0.25) is 4.90 Å². The summed E-state index contributed by atoms with van der Waals surface area (Å²) in [5.41, 5.74) is 3.13. The summed E-state index contributed by atoms with van der Waals surface area (Å²) in [6, 6.07) is 11.0. The van der Waals surface area contributed by atoms with Crippen LogP contribution in [0.5, 0.6) is 0 Å². The summed E-state index contributed by atoms with van der Waals surface area (Å²) in [4.78, 5) is 2.48. The van der Waals surface area contributed by atoms with Gasteiger partial charge in [0, 0.05) is 12.0 Å². The fourth-order valence-electron chi connectivity index (χ4n) is 3.45. The third-order valence-electron chi connectivity index (χ3n) is 4.77. The molecule has 1 aliphatic carbocycles. The Morgan fingerprint density at radius 1 is 1.11 bits per heavy atom. The summed E-state index contributed by atoms with van der Waals surface area (Å²) in [5.74, 6) is 0. The van der Waals surface area contributed by atoms with Crippen molar-refractivity contribution in [1.82, 2.24) is 4.90 Å². The van der Waals surface area contributed by atoms with Gasteiger partial charge >= 0.3 is 0 Å². The van der Waals surface area contributed by atoms with Gasteiger partial charge in [0.25, 0.3) is 0 Å². The van der Waals surface area contributed by atoms with Gasteiger partial charge < -0.3 is 0 Å². The molecule has 1 aliphatic rings. The highest BCUT2D eigenvalue weighted by Crippen LogP contribution is 2.46. The number of nitrogens with zero attached hydrogens (tertiary/aromatic N) is 1. The molecule has 0 aliphatic heterocycles. The second kappa shape index (κ2) is 6.38. The molecule has 104 valence electrons. The normalized spacial score (nSPS) is 17.8. The molecule has 1 saturated carbocycles. The van der Waals surface area contributed by atoms with Crippen molar-refractivity contribution in [3.8, 4) is 0 Å². The van der Waals surface area contributed by atoms with E-state index in [2.05, 4.69) is 55.7 Å². The summed E-state index contributed by atoms with van der Waals surface area (Å²) >= 11 is 0. The Kier molecular flexibility index (Phi) is 4.81. The molecule has 19 heavy (non-hydrogen) atoms. The van der Waals surface area contributed by atoms with Crippen LogP contribution in [0.3, 0.4) is 0 Å². The average molecular weight is 257 g/mol. The van der Waals surface area contributed by atoms with Crippen LogP contribution < -0.4 is 0 Å². The molecular weight excluding hydrogens is 230 g/mol. The van der Waals surface area contributed by atoms with Crippen molar-refractivity contribution in [2.45, 2.75) is 44.9 Å². The Hall–Kier alpha value is -1.08. The molecule has 0 spiro atoms. The Balaban J connectivity index is 2.23. The zero-order chi connectivity index (χ0) is 13.7. The van der Waals surface area contributed by atoms with Gasteiger partial charge in [0.2, 0.25) is 0 Å². The van der Waals surface area contributed by atoms with Crippen LogP contribution in [-0.2, 0) is 5.41 Å². The third kappa shape index (κ3) is 2.92. The minimum absolute atomic E-state index is 0.240. The summed E-state index contributed by atoms with van der Waals surface area (Å²) in [6.07, 6.45) is 5.23. The molecule has 1 aromatic carbocycles. The number of rotatable bonds is 6. The molecule has 1 heteroatoms. The first-order chi connectivity index (χ1) is 9.23. The monoisotopic (exact) mass is 257 g/mol. The van der Waals surface area contributed by atoms with Gasteiger partial charge in [0.05, 0.1) is 0 Å². The summed E-state index contributed by atoms with van der Waals surface area (Å²) in [6.45, 7) is 12.2. The molecular formula is C18H27N. The van der Waals surface area contributed by atoms with Crippen LogP contribution >= 0.6 is 0 Å². The van der Waals surface area contributed by atoms with Gasteiger partial charge in [0.15, 0.2) is 0 Å². The molecule has 0 unspecified atom stereocenters. The van der Waals surface area contributed by atoms with Gasteiger partial charge in [-0.2, -0.15) is 0 Å². The first kappa shape index (κ1) is 14.3. The molecule has 0 saturated heterocycles. The predicted octanol–water partition coefficient (Wildman–Crippen LogP) is 4.40. The van der Waals surface area contributed by atoms with Gasteiger partial charge in [-0.25, -0.2) is 0 Å². The number of hydrogen-bond acceptors (Lipinski definition) is 1. The third-order valence-corrected chi connectivity index (χ3v) is 4.77. The minimum atomic E-state index is 0.240. The summed E-state index contributed by atoms with van der Waals surface area (Å²) in [5, 5.41) is 0. The van der Waals surface area contributed by atoms with E-state index in [0.717, 1.165) is 19.6 Å². The zero-order valence-electron chi connectivity index (χ0n) is 12.5. The second-order valence-corrected chi connectivity index (χ2v) is 5.72. The van der Waals surface area contributed by atoms with Crippen molar-refractivity contribution in [2.75, 3.05) is 19.6 Å². The lowest BCUT2D eigenvalue weighted by Gasteiger charge is -2.35. The largest absolute Gasteiger partial charge is 0.300 e. The van der Waals surface area contributed by atoms with Gasteiger partial charge in [-0.1, -0.05) is 69.2 Å². The molecule has 0 N–H and O–H groups in total. The van der Waals surface area contributed by atoms with E-state index in [1.54, 1.807) is 0 Å². The Labute approximate surface area is 118 Å². The van der Waals surface area contributed by atoms with Gasteiger partial charge in [0.1, 0.15) is 0 Å². The minimum Gasteiger partial charge on any atom is -0.300 e. The van der Waals surface area contributed by atoms with Crippen LogP contribution in [0.2, 0.25) is 0 Å². The molecule has 0 heterocycles. The maximum Gasteiger partial charge on any atom is 0.0198 e. The highest BCUT2D eigenvalue weighted by atomic mass is 15.1. The van der Waals surface area contributed by atoms with Crippen molar-refractivity contribution in [2.24, 2.45) is 0 Å².